The second-order valence-corrected chi connectivity index (χ2v) is 5.37. The standard InChI is InChI=1S/C16H22O8/c1-9(22-10(2)17)13(23-11(3)18)8-7-12(19)16(21)14-5-4-6-15(20)24-14/h4,6-9,12-14,16,19,21H,5H2,1-3H3/b8-7+/t9-,12+,13-,14-,16+/m0/s1. The molecule has 0 saturated heterocycles. The summed E-state index contributed by atoms with van der Waals surface area (Å²) in [5.41, 5.74) is 0. The zero-order chi connectivity index (χ0) is 18.3. The maximum atomic E-state index is 11.2. The molecule has 8 heteroatoms. The first-order valence-electron chi connectivity index (χ1n) is 7.46. The van der Waals surface area contributed by atoms with Crippen molar-refractivity contribution in [3.63, 3.8) is 0 Å². The van der Waals surface area contributed by atoms with Crippen LogP contribution in [0.1, 0.15) is 27.2 Å². The molecule has 1 heterocycles. The van der Waals surface area contributed by atoms with Crippen molar-refractivity contribution in [2.45, 2.75) is 57.7 Å². The minimum absolute atomic E-state index is 0.273. The molecule has 0 aromatic carbocycles. The Labute approximate surface area is 139 Å². The van der Waals surface area contributed by atoms with E-state index >= 15 is 0 Å². The Hall–Kier alpha value is -2.19. The molecular formula is C16H22O8. The number of esters is 3. The first kappa shape index (κ1) is 19.9. The van der Waals surface area contributed by atoms with Gasteiger partial charge in [0.2, 0.25) is 0 Å². The Morgan fingerprint density at radius 2 is 1.88 bits per heavy atom. The lowest BCUT2D eigenvalue weighted by Crippen LogP contribution is -2.40. The lowest BCUT2D eigenvalue weighted by molar-refractivity contribution is -0.160. The van der Waals surface area contributed by atoms with Crippen LogP contribution in [-0.2, 0) is 28.6 Å². The highest BCUT2D eigenvalue weighted by atomic mass is 16.6. The number of hydrogen-bond donors (Lipinski definition) is 2. The van der Waals surface area contributed by atoms with Crippen molar-refractivity contribution in [2.24, 2.45) is 0 Å². The Balaban J connectivity index is 2.72. The summed E-state index contributed by atoms with van der Waals surface area (Å²) in [4.78, 5) is 33.3. The normalized spacial score (nSPS) is 22.4. The molecule has 0 aliphatic carbocycles. The average Bonchev–Trinajstić information content (AvgIpc) is 2.49. The average molecular weight is 342 g/mol. The highest BCUT2D eigenvalue weighted by Gasteiger charge is 2.29. The van der Waals surface area contributed by atoms with E-state index in [0.29, 0.717) is 0 Å². The Morgan fingerprint density at radius 3 is 2.42 bits per heavy atom. The summed E-state index contributed by atoms with van der Waals surface area (Å²) in [6.07, 6.45) is 0.269. The summed E-state index contributed by atoms with van der Waals surface area (Å²) in [5.74, 6) is -1.73. The van der Waals surface area contributed by atoms with Crippen LogP contribution in [0.5, 0.6) is 0 Å². The molecule has 5 atom stereocenters. The SMILES string of the molecule is CC(=O)O[C@@H](C)[C@H](/C=C/[C@@H](O)[C@@H](O)[C@@H]1CC=CC(=O)O1)OC(C)=O. The van der Waals surface area contributed by atoms with Gasteiger partial charge in [0.1, 0.15) is 24.4 Å². The number of cyclic esters (lactones) is 1. The Bertz CT molecular complexity index is 524. The van der Waals surface area contributed by atoms with Crippen molar-refractivity contribution >= 4 is 17.9 Å². The summed E-state index contributed by atoms with van der Waals surface area (Å²) < 4.78 is 14.9. The molecule has 0 amide bonds. The van der Waals surface area contributed by atoms with E-state index in [-0.39, 0.29) is 6.42 Å². The highest BCUT2D eigenvalue weighted by molar-refractivity contribution is 5.82. The molecule has 1 aliphatic heterocycles. The number of rotatable bonds is 7. The molecule has 0 bridgehead atoms. The molecule has 0 radical (unpaired) electrons. The second-order valence-electron chi connectivity index (χ2n) is 5.37. The van der Waals surface area contributed by atoms with Crippen molar-refractivity contribution in [3.8, 4) is 0 Å². The highest BCUT2D eigenvalue weighted by Crippen LogP contribution is 2.16. The molecule has 2 N–H and O–H groups in total. The maximum Gasteiger partial charge on any atom is 0.330 e. The zero-order valence-corrected chi connectivity index (χ0v) is 13.7. The smallest absolute Gasteiger partial charge is 0.330 e. The minimum atomic E-state index is -1.36. The van der Waals surface area contributed by atoms with Gasteiger partial charge in [0.15, 0.2) is 6.10 Å². The van der Waals surface area contributed by atoms with E-state index in [1.54, 1.807) is 6.08 Å². The van der Waals surface area contributed by atoms with E-state index in [9.17, 15) is 24.6 Å². The summed E-state index contributed by atoms with van der Waals surface area (Å²) >= 11 is 0. The van der Waals surface area contributed by atoms with E-state index in [0.717, 1.165) is 0 Å². The fraction of sp³-hybridized carbons (Fsp3) is 0.562. The molecule has 0 saturated carbocycles. The molecule has 8 nitrogen and oxygen atoms in total. The van der Waals surface area contributed by atoms with Gasteiger partial charge >= 0.3 is 17.9 Å². The van der Waals surface area contributed by atoms with E-state index in [1.165, 1.54) is 39.0 Å². The van der Waals surface area contributed by atoms with Crippen molar-refractivity contribution in [2.75, 3.05) is 0 Å². The summed E-state index contributed by atoms with van der Waals surface area (Å²) in [6.45, 7) is 3.94. The third-order valence-corrected chi connectivity index (χ3v) is 3.24. The van der Waals surface area contributed by atoms with Gasteiger partial charge in [-0.3, -0.25) is 9.59 Å². The van der Waals surface area contributed by atoms with Crippen molar-refractivity contribution in [1.29, 1.82) is 0 Å². The fourth-order valence-corrected chi connectivity index (χ4v) is 2.11. The van der Waals surface area contributed by atoms with Crippen LogP contribution in [0.25, 0.3) is 0 Å². The van der Waals surface area contributed by atoms with Gasteiger partial charge in [-0.05, 0) is 13.0 Å². The zero-order valence-electron chi connectivity index (χ0n) is 13.7. The van der Waals surface area contributed by atoms with Gasteiger partial charge in [-0.15, -0.1) is 0 Å². The van der Waals surface area contributed by atoms with Gasteiger partial charge in [-0.2, -0.15) is 0 Å². The second kappa shape index (κ2) is 9.19. The summed E-state index contributed by atoms with van der Waals surface area (Å²) in [7, 11) is 0. The largest absolute Gasteiger partial charge is 0.459 e. The number of carbonyl (C=O) groups excluding carboxylic acids is 3. The molecule has 24 heavy (non-hydrogen) atoms. The first-order chi connectivity index (χ1) is 11.2. The van der Waals surface area contributed by atoms with Crippen LogP contribution in [-0.4, -0.2) is 58.6 Å². The number of aliphatic hydroxyl groups is 2. The van der Waals surface area contributed by atoms with Gasteiger partial charge in [0.25, 0.3) is 0 Å². The Kier molecular flexibility index (Phi) is 7.60. The molecule has 0 aromatic heterocycles. The molecule has 0 aromatic rings. The van der Waals surface area contributed by atoms with Crippen LogP contribution in [0.15, 0.2) is 24.3 Å². The predicted octanol–water partition coefficient (Wildman–Crippen LogP) is 0.0194. The topological polar surface area (TPSA) is 119 Å². The predicted molar refractivity (Wildman–Crippen MR) is 81.6 cm³/mol. The third kappa shape index (κ3) is 6.51. The van der Waals surface area contributed by atoms with Crippen LogP contribution >= 0.6 is 0 Å². The van der Waals surface area contributed by atoms with Gasteiger partial charge in [0, 0.05) is 26.3 Å². The number of ether oxygens (including phenoxy) is 3. The van der Waals surface area contributed by atoms with E-state index in [1.807, 2.05) is 0 Å². The maximum absolute atomic E-state index is 11.2. The molecular weight excluding hydrogens is 320 g/mol. The quantitative estimate of drug-likeness (QED) is 0.377. The van der Waals surface area contributed by atoms with E-state index < -0.39 is 48.4 Å². The fourth-order valence-electron chi connectivity index (χ4n) is 2.11. The van der Waals surface area contributed by atoms with Crippen LogP contribution in [0, 0.1) is 0 Å². The van der Waals surface area contributed by atoms with Gasteiger partial charge in [-0.25, -0.2) is 4.79 Å². The van der Waals surface area contributed by atoms with Crippen molar-refractivity contribution < 1.29 is 38.8 Å². The molecule has 1 rings (SSSR count). The minimum Gasteiger partial charge on any atom is -0.459 e. The molecule has 0 unspecified atom stereocenters. The monoisotopic (exact) mass is 342 g/mol. The Morgan fingerprint density at radius 1 is 1.25 bits per heavy atom. The van der Waals surface area contributed by atoms with Crippen LogP contribution in [0.4, 0.5) is 0 Å². The molecule has 1 aliphatic rings. The number of carbonyl (C=O) groups is 3. The lowest BCUT2D eigenvalue weighted by Gasteiger charge is -2.26. The third-order valence-electron chi connectivity index (χ3n) is 3.24. The van der Waals surface area contributed by atoms with Crippen LogP contribution in [0.2, 0.25) is 0 Å². The molecule has 134 valence electrons. The lowest BCUT2D eigenvalue weighted by atomic mass is 10.0. The summed E-state index contributed by atoms with van der Waals surface area (Å²) in [5, 5.41) is 20.0. The van der Waals surface area contributed by atoms with E-state index in [2.05, 4.69) is 0 Å². The molecule has 0 fully saturated rings. The summed E-state index contributed by atoms with van der Waals surface area (Å²) in [6, 6.07) is 0. The molecule has 0 spiro atoms. The first-order valence-corrected chi connectivity index (χ1v) is 7.46. The van der Waals surface area contributed by atoms with E-state index in [4.69, 9.17) is 14.2 Å². The van der Waals surface area contributed by atoms with Gasteiger partial charge in [0.05, 0.1) is 0 Å². The van der Waals surface area contributed by atoms with Crippen LogP contribution < -0.4 is 0 Å². The number of hydrogen-bond acceptors (Lipinski definition) is 8. The van der Waals surface area contributed by atoms with Gasteiger partial charge in [-0.1, -0.05) is 12.2 Å². The van der Waals surface area contributed by atoms with Crippen molar-refractivity contribution in [1.82, 2.24) is 0 Å². The van der Waals surface area contributed by atoms with Crippen LogP contribution in [0.3, 0.4) is 0 Å². The van der Waals surface area contributed by atoms with Crippen molar-refractivity contribution in [3.05, 3.63) is 24.3 Å². The van der Waals surface area contributed by atoms with Gasteiger partial charge < -0.3 is 24.4 Å². The number of aliphatic hydroxyl groups excluding tert-OH is 2.